The third-order valence-electron chi connectivity index (χ3n) is 8.87. The van der Waals surface area contributed by atoms with Gasteiger partial charge in [0.1, 0.15) is 5.75 Å². The summed E-state index contributed by atoms with van der Waals surface area (Å²) in [7, 11) is 1.73. The number of nitrogens with two attached hydrogens (primary N) is 1. The maximum absolute atomic E-state index is 6.42. The van der Waals surface area contributed by atoms with Gasteiger partial charge in [-0.3, -0.25) is 0 Å². The molecule has 0 saturated heterocycles. The summed E-state index contributed by atoms with van der Waals surface area (Å²) in [4.78, 5) is 3.74. The largest absolute Gasteiger partial charge is 0.496 e. The first-order valence-corrected chi connectivity index (χ1v) is 13.2. The van der Waals surface area contributed by atoms with Crippen molar-refractivity contribution in [3.63, 3.8) is 0 Å². The molecular formula is C29H35ClN2O. The number of rotatable bonds is 7. The van der Waals surface area contributed by atoms with E-state index in [1.807, 2.05) is 18.2 Å². The number of aryl methyl sites for hydroxylation is 1. The summed E-state index contributed by atoms with van der Waals surface area (Å²) in [6.07, 6.45) is 11.8. The molecule has 4 aliphatic carbocycles. The van der Waals surface area contributed by atoms with E-state index in [2.05, 4.69) is 23.2 Å². The lowest BCUT2D eigenvalue weighted by atomic mass is 9.48. The Labute approximate surface area is 202 Å². The summed E-state index contributed by atoms with van der Waals surface area (Å²) in [6.45, 7) is 0.733. The molecule has 3 aromatic rings. The molecule has 33 heavy (non-hydrogen) atoms. The molecule has 3 N–H and O–H groups in total. The van der Waals surface area contributed by atoms with Crippen LogP contribution in [0.2, 0.25) is 5.02 Å². The molecule has 0 amide bonds. The maximum Gasteiger partial charge on any atom is 0.128 e. The Bertz CT molecular complexity index is 1140. The number of methoxy groups -OCH3 is 1. The van der Waals surface area contributed by atoms with Gasteiger partial charge in [-0.2, -0.15) is 0 Å². The second-order valence-electron chi connectivity index (χ2n) is 11.0. The Balaban J connectivity index is 1.48. The third kappa shape index (κ3) is 3.68. The zero-order valence-corrected chi connectivity index (χ0v) is 20.4. The fourth-order valence-electron chi connectivity index (χ4n) is 7.85. The van der Waals surface area contributed by atoms with Crippen molar-refractivity contribution >= 4 is 22.5 Å². The lowest BCUT2D eigenvalue weighted by Crippen LogP contribution is -2.48. The summed E-state index contributed by atoms with van der Waals surface area (Å²) in [5.41, 5.74) is 12.6. The van der Waals surface area contributed by atoms with E-state index in [4.69, 9.17) is 22.1 Å². The van der Waals surface area contributed by atoms with E-state index in [1.54, 1.807) is 12.7 Å². The molecule has 7 rings (SSSR count). The van der Waals surface area contributed by atoms with E-state index in [0.717, 1.165) is 65.6 Å². The second-order valence-corrected chi connectivity index (χ2v) is 11.5. The van der Waals surface area contributed by atoms with E-state index < -0.39 is 0 Å². The molecule has 4 bridgehead atoms. The maximum atomic E-state index is 6.42. The molecule has 0 atom stereocenters. The second kappa shape index (κ2) is 8.36. The topological polar surface area (TPSA) is 51.0 Å². The monoisotopic (exact) mass is 462 g/mol. The molecule has 1 aromatic heterocycles. The van der Waals surface area contributed by atoms with Gasteiger partial charge in [0.25, 0.3) is 0 Å². The van der Waals surface area contributed by atoms with E-state index in [0.29, 0.717) is 5.41 Å². The van der Waals surface area contributed by atoms with Crippen molar-refractivity contribution in [2.45, 2.75) is 63.2 Å². The van der Waals surface area contributed by atoms with Gasteiger partial charge in [-0.15, -0.1) is 0 Å². The van der Waals surface area contributed by atoms with Crippen molar-refractivity contribution in [2.75, 3.05) is 13.7 Å². The molecular weight excluding hydrogens is 428 g/mol. The van der Waals surface area contributed by atoms with Crippen LogP contribution >= 0.6 is 11.6 Å². The lowest BCUT2D eigenvalue weighted by molar-refractivity contribution is -0.00513. The van der Waals surface area contributed by atoms with Crippen LogP contribution < -0.4 is 10.5 Å². The zero-order valence-electron chi connectivity index (χ0n) is 19.6. The van der Waals surface area contributed by atoms with Crippen LogP contribution in [0.15, 0.2) is 36.4 Å². The molecule has 4 heteroatoms. The normalized spacial score (nSPS) is 28.0. The molecule has 1 heterocycles. The summed E-state index contributed by atoms with van der Waals surface area (Å²) in [6, 6.07) is 13.2. The van der Waals surface area contributed by atoms with E-state index in [9.17, 15) is 0 Å². The van der Waals surface area contributed by atoms with Crippen molar-refractivity contribution in [3.8, 4) is 17.0 Å². The van der Waals surface area contributed by atoms with Crippen LogP contribution in [-0.4, -0.2) is 18.6 Å². The van der Waals surface area contributed by atoms with Crippen LogP contribution in [-0.2, 0) is 11.8 Å². The van der Waals surface area contributed by atoms with Gasteiger partial charge in [-0.05, 0) is 129 Å². The molecule has 0 radical (unpaired) electrons. The lowest BCUT2D eigenvalue weighted by Gasteiger charge is -2.57. The SMILES string of the molecule is COc1ccc(Cl)cc1-c1[nH]c2ccc(C34CC5CC(CC(C5)C3)C4)cc2c1CCCCN. The molecule has 174 valence electrons. The number of ether oxygens (including phenoxy) is 1. The highest BCUT2D eigenvalue weighted by atomic mass is 35.5. The summed E-state index contributed by atoms with van der Waals surface area (Å²) in [5, 5.41) is 2.10. The molecule has 4 fully saturated rings. The third-order valence-corrected chi connectivity index (χ3v) is 9.10. The quantitative estimate of drug-likeness (QED) is 0.363. The average molecular weight is 463 g/mol. The highest BCUT2D eigenvalue weighted by molar-refractivity contribution is 6.31. The predicted molar refractivity (Wildman–Crippen MR) is 137 cm³/mol. The van der Waals surface area contributed by atoms with Crippen molar-refractivity contribution in [1.82, 2.24) is 4.98 Å². The molecule has 0 aliphatic heterocycles. The van der Waals surface area contributed by atoms with Gasteiger partial charge < -0.3 is 15.5 Å². The first-order valence-electron chi connectivity index (χ1n) is 12.8. The van der Waals surface area contributed by atoms with E-state index >= 15 is 0 Å². The molecule has 0 spiro atoms. The predicted octanol–water partition coefficient (Wildman–Crippen LogP) is 7.25. The van der Waals surface area contributed by atoms with Crippen molar-refractivity contribution in [2.24, 2.45) is 23.5 Å². The number of halogens is 1. The highest BCUT2D eigenvalue weighted by Crippen LogP contribution is 2.61. The molecule has 3 nitrogen and oxygen atoms in total. The Kier molecular flexibility index (Phi) is 5.46. The highest BCUT2D eigenvalue weighted by Gasteiger charge is 2.51. The fourth-order valence-corrected chi connectivity index (χ4v) is 8.03. The Morgan fingerprint density at radius 1 is 1.00 bits per heavy atom. The van der Waals surface area contributed by atoms with Gasteiger partial charge in [0, 0.05) is 21.5 Å². The van der Waals surface area contributed by atoms with Gasteiger partial charge in [0.2, 0.25) is 0 Å². The minimum Gasteiger partial charge on any atom is -0.496 e. The van der Waals surface area contributed by atoms with Crippen LogP contribution in [0.1, 0.15) is 62.5 Å². The van der Waals surface area contributed by atoms with Gasteiger partial charge >= 0.3 is 0 Å². The summed E-state index contributed by atoms with van der Waals surface area (Å²) in [5.74, 6) is 3.71. The van der Waals surface area contributed by atoms with Crippen molar-refractivity contribution in [1.29, 1.82) is 0 Å². The van der Waals surface area contributed by atoms with Crippen molar-refractivity contribution in [3.05, 3.63) is 52.5 Å². The van der Waals surface area contributed by atoms with E-state index in [1.165, 1.54) is 55.0 Å². The van der Waals surface area contributed by atoms with Crippen molar-refractivity contribution < 1.29 is 4.74 Å². The smallest absolute Gasteiger partial charge is 0.128 e. The first-order chi connectivity index (χ1) is 16.1. The number of H-pyrrole nitrogens is 1. The number of fused-ring (bicyclic) bond motifs is 1. The van der Waals surface area contributed by atoms with Crippen LogP contribution in [0, 0.1) is 17.8 Å². The summed E-state index contributed by atoms with van der Waals surface area (Å²) < 4.78 is 5.72. The Morgan fingerprint density at radius 2 is 1.73 bits per heavy atom. The zero-order chi connectivity index (χ0) is 22.6. The average Bonchev–Trinajstić information content (AvgIpc) is 3.16. The van der Waals surface area contributed by atoms with Crippen LogP contribution in [0.5, 0.6) is 5.75 Å². The molecule has 4 saturated carbocycles. The number of hydrogen-bond acceptors (Lipinski definition) is 2. The molecule has 4 aliphatic rings. The minimum absolute atomic E-state index is 0.405. The number of benzene rings is 2. The number of aromatic amines is 1. The number of aromatic nitrogens is 1. The summed E-state index contributed by atoms with van der Waals surface area (Å²) >= 11 is 6.42. The van der Waals surface area contributed by atoms with Gasteiger partial charge in [-0.25, -0.2) is 0 Å². The van der Waals surface area contributed by atoms with Gasteiger partial charge in [0.15, 0.2) is 0 Å². The number of nitrogens with one attached hydrogen (secondary N) is 1. The number of unbranched alkanes of at least 4 members (excludes halogenated alkanes) is 1. The standard InChI is InChI=1S/C29H35ClN2O/c1-33-27-8-6-22(30)14-25(27)28-23(4-2-3-9-31)24-13-21(5-7-26(24)32-28)29-15-18-10-19(16-29)12-20(11-18)17-29/h5-8,13-14,18-20,32H,2-4,9-12,15-17,31H2,1H3. The van der Waals surface area contributed by atoms with Gasteiger partial charge in [0.05, 0.1) is 12.8 Å². The minimum atomic E-state index is 0.405. The first kappa shape index (κ1) is 21.6. The van der Waals surface area contributed by atoms with Crippen LogP contribution in [0.3, 0.4) is 0 Å². The number of hydrogen-bond donors (Lipinski definition) is 2. The van der Waals surface area contributed by atoms with Crippen LogP contribution in [0.4, 0.5) is 0 Å². The Morgan fingerprint density at radius 3 is 2.39 bits per heavy atom. The van der Waals surface area contributed by atoms with Gasteiger partial charge in [-0.1, -0.05) is 17.7 Å². The Hall–Kier alpha value is -1.97. The molecule has 0 unspecified atom stereocenters. The van der Waals surface area contributed by atoms with Crippen LogP contribution in [0.25, 0.3) is 22.2 Å². The molecule has 2 aromatic carbocycles. The van der Waals surface area contributed by atoms with E-state index in [-0.39, 0.29) is 0 Å². The fraction of sp³-hybridized carbons (Fsp3) is 0.517.